The van der Waals surface area contributed by atoms with E-state index in [2.05, 4.69) is 15.2 Å². The Labute approximate surface area is 142 Å². The van der Waals surface area contributed by atoms with Gasteiger partial charge in [0.25, 0.3) is 5.91 Å². The molecule has 1 unspecified atom stereocenters. The van der Waals surface area contributed by atoms with Gasteiger partial charge in [-0.1, -0.05) is 0 Å². The number of H-pyrrole nitrogens is 2. The number of hydrogen-bond donors (Lipinski definition) is 2. The summed E-state index contributed by atoms with van der Waals surface area (Å²) < 4.78 is 2.75. The van der Waals surface area contributed by atoms with Crippen molar-refractivity contribution in [3.8, 4) is 0 Å². The minimum Gasteiger partial charge on any atom is -0.350 e. The molecule has 0 bridgehead atoms. The molecule has 0 saturated carbocycles. The molecule has 1 amide bonds. The quantitative estimate of drug-likeness (QED) is 0.762. The van der Waals surface area contributed by atoms with Crippen LogP contribution in [0, 0.1) is 0 Å². The first-order chi connectivity index (χ1) is 11.7. The summed E-state index contributed by atoms with van der Waals surface area (Å²) in [5.41, 5.74) is 1.46. The van der Waals surface area contributed by atoms with E-state index in [0.29, 0.717) is 18.8 Å². The molecule has 1 saturated heterocycles. The molecule has 0 spiro atoms. The third kappa shape index (κ3) is 2.47. The smallest absolute Gasteiger partial charge is 0.343 e. The SMILES string of the molecule is CCn1c(C2CCCN(C(=O)c3cc4sccc4[nH]3)C2)n[nH]c1=O. The highest BCUT2D eigenvalue weighted by atomic mass is 32.1. The van der Waals surface area contributed by atoms with Crippen LogP contribution in [0.15, 0.2) is 22.3 Å². The van der Waals surface area contributed by atoms with Crippen molar-refractivity contribution in [1.29, 1.82) is 0 Å². The van der Waals surface area contributed by atoms with E-state index in [9.17, 15) is 9.59 Å². The average molecular weight is 345 g/mol. The molecule has 126 valence electrons. The van der Waals surface area contributed by atoms with Crippen molar-refractivity contribution in [3.63, 3.8) is 0 Å². The zero-order chi connectivity index (χ0) is 16.7. The second-order valence-electron chi connectivity index (χ2n) is 6.10. The standard InChI is InChI=1S/C16H19N5O2S/c1-2-21-14(18-19-16(21)23)10-4-3-6-20(9-10)15(22)12-8-13-11(17-12)5-7-24-13/h5,7-8,10,17H,2-4,6,9H2,1H3,(H,19,23). The number of thiophene rings is 1. The van der Waals surface area contributed by atoms with E-state index in [-0.39, 0.29) is 17.5 Å². The van der Waals surface area contributed by atoms with E-state index < -0.39 is 0 Å². The van der Waals surface area contributed by atoms with Crippen molar-refractivity contribution in [2.45, 2.75) is 32.2 Å². The van der Waals surface area contributed by atoms with Crippen molar-refractivity contribution in [2.24, 2.45) is 0 Å². The Morgan fingerprint density at radius 1 is 1.50 bits per heavy atom. The highest BCUT2D eigenvalue weighted by Crippen LogP contribution is 2.27. The van der Waals surface area contributed by atoms with E-state index in [1.165, 1.54) is 0 Å². The monoisotopic (exact) mass is 345 g/mol. The summed E-state index contributed by atoms with van der Waals surface area (Å²) in [4.78, 5) is 29.6. The lowest BCUT2D eigenvalue weighted by atomic mass is 9.97. The summed E-state index contributed by atoms with van der Waals surface area (Å²) in [6.07, 6.45) is 1.85. The molecule has 2 N–H and O–H groups in total. The Morgan fingerprint density at radius 2 is 2.38 bits per heavy atom. The molecular formula is C16H19N5O2S. The van der Waals surface area contributed by atoms with E-state index >= 15 is 0 Å². The number of likely N-dealkylation sites (tertiary alicyclic amines) is 1. The first-order valence-corrected chi connectivity index (χ1v) is 9.06. The van der Waals surface area contributed by atoms with Gasteiger partial charge in [-0.25, -0.2) is 9.89 Å². The fourth-order valence-electron chi connectivity index (χ4n) is 3.45. The Kier molecular flexibility index (Phi) is 3.76. The molecule has 1 atom stereocenters. The second kappa shape index (κ2) is 5.94. The average Bonchev–Trinajstić information content (AvgIpc) is 3.28. The van der Waals surface area contributed by atoms with Crippen LogP contribution in [0.2, 0.25) is 0 Å². The zero-order valence-corrected chi connectivity index (χ0v) is 14.2. The summed E-state index contributed by atoms with van der Waals surface area (Å²) in [7, 11) is 0. The molecule has 0 aromatic carbocycles. The van der Waals surface area contributed by atoms with E-state index in [0.717, 1.165) is 35.4 Å². The predicted octanol–water partition coefficient (Wildman–Crippen LogP) is 2.15. The minimum atomic E-state index is -0.180. The molecule has 7 nitrogen and oxygen atoms in total. The lowest BCUT2D eigenvalue weighted by Crippen LogP contribution is -2.40. The molecule has 1 aliphatic rings. The first-order valence-electron chi connectivity index (χ1n) is 8.18. The highest BCUT2D eigenvalue weighted by molar-refractivity contribution is 7.17. The van der Waals surface area contributed by atoms with Gasteiger partial charge in [0.05, 0.1) is 10.2 Å². The molecular weight excluding hydrogens is 326 g/mol. The van der Waals surface area contributed by atoms with Crippen LogP contribution in [0.1, 0.15) is 42.0 Å². The number of aromatic nitrogens is 4. The molecule has 0 radical (unpaired) electrons. The number of rotatable bonds is 3. The summed E-state index contributed by atoms with van der Waals surface area (Å²) >= 11 is 1.62. The van der Waals surface area contributed by atoms with Crippen LogP contribution in [0.25, 0.3) is 10.2 Å². The van der Waals surface area contributed by atoms with E-state index in [1.807, 2.05) is 29.3 Å². The number of hydrogen-bond acceptors (Lipinski definition) is 4. The molecule has 1 aliphatic heterocycles. The van der Waals surface area contributed by atoms with Gasteiger partial charge < -0.3 is 9.88 Å². The number of carbonyl (C=O) groups excluding carboxylic acids is 1. The second-order valence-corrected chi connectivity index (χ2v) is 7.05. The third-order valence-corrected chi connectivity index (χ3v) is 5.51. The molecule has 3 aromatic heterocycles. The van der Waals surface area contributed by atoms with Crippen molar-refractivity contribution in [1.82, 2.24) is 24.6 Å². The van der Waals surface area contributed by atoms with Crippen LogP contribution < -0.4 is 5.69 Å². The predicted molar refractivity (Wildman–Crippen MR) is 92.6 cm³/mol. The lowest BCUT2D eigenvalue weighted by molar-refractivity contribution is 0.0698. The van der Waals surface area contributed by atoms with Gasteiger partial charge in [0, 0.05) is 25.6 Å². The largest absolute Gasteiger partial charge is 0.350 e. The topological polar surface area (TPSA) is 86.8 Å². The molecule has 8 heteroatoms. The van der Waals surface area contributed by atoms with Crippen LogP contribution >= 0.6 is 11.3 Å². The van der Waals surface area contributed by atoms with Crippen molar-refractivity contribution < 1.29 is 4.79 Å². The van der Waals surface area contributed by atoms with Crippen molar-refractivity contribution in [2.75, 3.05) is 13.1 Å². The fraction of sp³-hybridized carbons (Fsp3) is 0.438. The van der Waals surface area contributed by atoms with Gasteiger partial charge in [-0.2, -0.15) is 5.10 Å². The number of nitrogens with zero attached hydrogens (tertiary/aromatic N) is 3. The third-order valence-electron chi connectivity index (χ3n) is 4.65. The van der Waals surface area contributed by atoms with E-state index in [1.54, 1.807) is 15.9 Å². The van der Waals surface area contributed by atoms with Crippen LogP contribution in [0.4, 0.5) is 0 Å². The maximum atomic E-state index is 12.8. The highest BCUT2D eigenvalue weighted by Gasteiger charge is 2.29. The first kappa shape index (κ1) is 15.2. The maximum absolute atomic E-state index is 12.8. The Hall–Kier alpha value is -2.35. The summed E-state index contributed by atoms with van der Waals surface area (Å²) in [6.45, 7) is 3.85. The van der Waals surface area contributed by atoms with Crippen molar-refractivity contribution in [3.05, 3.63) is 39.5 Å². The Morgan fingerprint density at radius 3 is 3.17 bits per heavy atom. The number of nitrogens with one attached hydrogen (secondary N) is 2. The van der Waals surface area contributed by atoms with Gasteiger partial charge in [0.15, 0.2) is 0 Å². The molecule has 0 aliphatic carbocycles. The van der Waals surface area contributed by atoms with Gasteiger partial charge in [-0.05, 0) is 37.3 Å². The Balaban J connectivity index is 1.57. The van der Waals surface area contributed by atoms with Gasteiger partial charge >= 0.3 is 5.69 Å². The normalized spacial score (nSPS) is 18.4. The van der Waals surface area contributed by atoms with Crippen LogP contribution in [0.5, 0.6) is 0 Å². The molecule has 1 fully saturated rings. The lowest BCUT2D eigenvalue weighted by Gasteiger charge is -2.32. The minimum absolute atomic E-state index is 0.0176. The molecule has 24 heavy (non-hydrogen) atoms. The van der Waals surface area contributed by atoms with Gasteiger partial charge in [-0.3, -0.25) is 9.36 Å². The summed E-state index contributed by atoms with van der Waals surface area (Å²) in [6, 6.07) is 3.90. The van der Waals surface area contributed by atoms with Gasteiger partial charge in [-0.15, -0.1) is 11.3 Å². The summed E-state index contributed by atoms with van der Waals surface area (Å²) in [5.74, 6) is 0.870. The maximum Gasteiger partial charge on any atom is 0.343 e. The van der Waals surface area contributed by atoms with Crippen LogP contribution in [-0.2, 0) is 6.54 Å². The number of piperidine rings is 1. The number of aromatic amines is 2. The zero-order valence-electron chi connectivity index (χ0n) is 13.4. The summed E-state index contributed by atoms with van der Waals surface area (Å²) in [5, 5.41) is 8.72. The Bertz CT molecular complexity index is 905. The molecule has 4 rings (SSSR count). The number of amides is 1. The molecule has 3 aromatic rings. The number of carbonyl (C=O) groups is 1. The molecule has 4 heterocycles. The van der Waals surface area contributed by atoms with E-state index in [4.69, 9.17) is 0 Å². The van der Waals surface area contributed by atoms with Gasteiger partial charge in [0.2, 0.25) is 0 Å². The van der Waals surface area contributed by atoms with Gasteiger partial charge in [0.1, 0.15) is 11.5 Å². The van der Waals surface area contributed by atoms with Crippen LogP contribution in [-0.4, -0.2) is 43.6 Å². The van der Waals surface area contributed by atoms with Crippen LogP contribution in [0.3, 0.4) is 0 Å². The number of fused-ring (bicyclic) bond motifs is 1. The fourth-order valence-corrected chi connectivity index (χ4v) is 4.24. The van der Waals surface area contributed by atoms with Crippen molar-refractivity contribution >= 4 is 27.5 Å².